The molecule has 0 amide bonds. The molecule has 0 N–H and O–H groups in total. The Morgan fingerprint density at radius 3 is 1.67 bits per heavy atom. The third-order valence-electron chi connectivity index (χ3n) is 3.04. The summed E-state index contributed by atoms with van der Waals surface area (Å²) >= 11 is 1.98. The van der Waals surface area contributed by atoms with Gasteiger partial charge in [-0.2, -0.15) is 0 Å². The van der Waals surface area contributed by atoms with Crippen molar-refractivity contribution in [2.45, 2.75) is 39.3 Å². The molecule has 2 nitrogen and oxygen atoms in total. The second kappa shape index (κ2) is 4.83. The molecular formula is C12H23BN2SSi2. The van der Waals surface area contributed by atoms with Crippen LogP contribution in [0.3, 0.4) is 0 Å². The number of nitrogens with zero attached hydrogens (tertiary/aromatic N) is 2. The smallest absolute Gasteiger partial charge is 0.280 e. The summed E-state index contributed by atoms with van der Waals surface area (Å²) in [7, 11) is -2.53. The van der Waals surface area contributed by atoms with E-state index in [-0.39, 0.29) is 0 Å². The average Bonchev–Trinajstić information content (AvgIpc) is 2.12. The van der Waals surface area contributed by atoms with Gasteiger partial charge in [0.25, 0.3) is 0 Å². The SMILES string of the molecule is C[Si](C)(C)N1SN([Si](C)(C)C)B1c1ccccc1. The molecule has 98 valence electrons. The van der Waals surface area contributed by atoms with Crippen LogP contribution in [-0.4, -0.2) is 31.2 Å². The second-order valence-corrected chi connectivity index (χ2v) is 18.1. The molecule has 1 heterocycles. The minimum atomic E-state index is -1.26. The number of benzene rings is 1. The van der Waals surface area contributed by atoms with Gasteiger partial charge in [-0.25, -0.2) is 0 Å². The first kappa shape index (κ1) is 14.4. The molecule has 0 unspecified atom stereocenters. The molecule has 0 aliphatic carbocycles. The quantitative estimate of drug-likeness (QED) is 0.624. The lowest BCUT2D eigenvalue weighted by Crippen LogP contribution is -2.75. The first-order valence-electron chi connectivity index (χ1n) is 6.53. The van der Waals surface area contributed by atoms with Crippen molar-refractivity contribution < 1.29 is 0 Å². The zero-order valence-electron chi connectivity index (χ0n) is 12.3. The van der Waals surface area contributed by atoms with Crippen LogP contribution in [0.25, 0.3) is 0 Å². The maximum Gasteiger partial charge on any atom is 0.354 e. The van der Waals surface area contributed by atoms with Crippen molar-refractivity contribution in [1.82, 2.24) is 7.76 Å². The Balaban J connectivity index is 2.30. The van der Waals surface area contributed by atoms with Gasteiger partial charge in [0.1, 0.15) is 16.5 Å². The van der Waals surface area contributed by atoms with E-state index in [0.29, 0.717) is 6.98 Å². The third-order valence-corrected chi connectivity index (χ3v) is 10.7. The van der Waals surface area contributed by atoms with E-state index in [1.807, 2.05) is 12.1 Å². The molecule has 1 aromatic carbocycles. The summed E-state index contributed by atoms with van der Waals surface area (Å²) in [4.78, 5) is 0. The summed E-state index contributed by atoms with van der Waals surface area (Å²) in [5.74, 6) is 0. The fraction of sp³-hybridized carbons (Fsp3) is 0.500. The Labute approximate surface area is 118 Å². The highest BCUT2D eigenvalue weighted by Crippen LogP contribution is 2.41. The molecule has 2 rings (SSSR count). The van der Waals surface area contributed by atoms with Crippen LogP contribution < -0.4 is 5.46 Å². The zero-order valence-corrected chi connectivity index (χ0v) is 15.1. The lowest BCUT2D eigenvalue weighted by molar-refractivity contribution is 0.810. The molecule has 18 heavy (non-hydrogen) atoms. The monoisotopic (exact) mass is 294 g/mol. The number of hydrogen-bond acceptors (Lipinski definition) is 3. The van der Waals surface area contributed by atoms with Crippen molar-refractivity contribution in [1.29, 1.82) is 0 Å². The van der Waals surface area contributed by atoms with Crippen molar-refractivity contribution in [3.63, 3.8) is 0 Å². The van der Waals surface area contributed by atoms with Gasteiger partial charge in [0, 0.05) is 0 Å². The summed E-state index contributed by atoms with van der Waals surface area (Å²) in [6.45, 7) is 15.1. The number of rotatable bonds is 3. The Kier molecular flexibility index (Phi) is 3.86. The third kappa shape index (κ3) is 2.77. The topological polar surface area (TPSA) is 6.48 Å². The van der Waals surface area contributed by atoms with Crippen LogP contribution in [0.5, 0.6) is 0 Å². The predicted octanol–water partition coefficient (Wildman–Crippen LogP) is 3.23. The first-order chi connectivity index (χ1) is 8.21. The van der Waals surface area contributed by atoms with E-state index in [1.54, 1.807) is 0 Å². The van der Waals surface area contributed by atoms with Crippen molar-refractivity contribution in [3.8, 4) is 0 Å². The Hall–Kier alpha value is -0.0113. The highest BCUT2D eigenvalue weighted by atomic mass is 32.2. The average molecular weight is 294 g/mol. The van der Waals surface area contributed by atoms with Crippen molar-refractivity contribution in [2.24, 2.45) is 0 Å². The van der Waals surface area contributed by atoms with Crippen LogP contribution in [0, 0.1) is 0 Å². The van der Waals surface area contributed by atoms with Gasteiger partial charge in [0.05, 0.1) is 0 Å². The molecule has 1 aromatic rings. The molecule has 1 fully saturated rings. The maximum atomic E-state index is 2.65. The molecular weight excluding hydrogens is 271 g/mol. The molecule has 1 aliphatic rings. The van der Waals surface area contributed by atoms with Crippen LogP contribution in [0.4, 0.5) is 0 Å². The Morgan fingerprint density at radius 2 is 1.28 bits per heavy atom. The molecule has 0 saturated carbocycles. The summed E-state index contributed by atoms with van der Waals surface area (Å²) in [5.41, 5.74) is 1.45. The molecule has 0 radical (unpaired) electrons. The largest absolute Gasteiger partial charge is 0.354 e. The maximum absolute atomic E-state index is 2.65. The molecule has 0 aromatic heterocycles. The lowest BCUT2D eigenvalue weighted by atomic mass is 9.71. The van der Waals surface area contributed by atoms with Crippen LogP contribution in [0.2, 0.25) is 39.3 Å². The van der Waals surface area contributed by atoms with Crippen LogP contribution in [0.15, 0.2) is 30.3 Å². The predicted molar refractivity (Wildman–Crippen MR) is 89.8 cm³/mol. The lowest BCUT2D eigenvalue weighted by Gasteiger charge is -2.57. The van der Waals surface area contributed by atoms with Crippen LogP contribution in [0.1, 0.15) is 0 Å². The van der Waals surface area contributed by atoms with Gasteiger partial charge in [-0.15, -0.1) is 0 Å². The number of hydrogen-bond donors (Lipinski definition) is 0. The van der Waals surface area contributed by atoms with Crippen LogP contribution >= 0.6 is 12.1 Å². The second-order valence-electron chi connectivity index (χ2n) is 6.86. The van der Waals surface area contributed by atoms with Gasteiger partial charge in [-0.1, -0.05) is 69.6 Å². The summed E-state index contributed by atoms with van der Waals surface area (Å²) in [6, 6.07) is 11.0. The fourth-order valence-electron chi connectivity index (χ4n) is 2.11. The van der Waals surface area contributed by atoms with E-state index >= 15 is 0 Å². The van der Waals surface area contributed by atoms with Gasteiger partial charge in [-0.05, 0) is 17.6 Å². The zero-order chi connectivity index (χ0) is 13.6. The standard InChI is InChI=1S/C12H23BN2SSi2/c1-17(2,3)14-13(12-10-8-7-9-11-12)15(16-14)18(4,5)6/h7-11H,1-6H3. The Bertz CT molecular complexity index is 396. The van der Waals surface area contributed by atoms with Crippen molar-refractivity contribution in [3.05, 3.63) is 30.3 Å². The van der Waals surface area contributed by atoms with E-state index in [4.69, 9.17) is 0 Å². The van der Waals surface area contributed by atoms with Gasteiger partial charge < -0.3 is 0 Å². The van der Waals surface area contributed by atoms with Gasteiger partial charge >= 0.3 is 6.98 Å². The van der Waals surface area contributed by atoms with E-state index in [0.717, 1.165) is 0 Å². The van der Waals surface area contributed by atoms with Crippen molar-refractivity contribution >= 4 is 41.1 Å². The minimum Gasteiger partial charge on any atom is -0.280 e. The molecule has 1 aliphatic heterocycles. The highest BCUT2D eigenvalue weighted by Gasteiger charge is 2.53. The molecule has 0 bridgehead atoms. The summed E-state index contributed by atoms with van der Waals surface area (Å²) in [5, 5.41) is 0. The first-order valence-corrected chi connectivity index (χ1v) is 14.2. The Morgan fingerprint density at radius 1 is 0.833 bits per heavy atom. The van der Waals surface area contributed by atoms with E-state index < -0.39 is 16.5 Å². The molecule has 0 spiro atoms. The highest BCUT2D eigenvalue weighted by molar-refractivity contribution is 8.03. The van der Waals surface area contributed by atoms with E-state index in [2.05, 4.69) is 77.4 Å². The van der Waals surface area contributed by atoms with Gasteiger partial charge in [-0.3, -0.25) is 7.76 Å². The summed E-state index contributed by atoms with van der Waals surface area (Å²) < 4.78 is 5.31. The van der Waals surface area contributed by atoms with E-state index in [9.17, 15) is 0 Å². The molecule has 6 heteroatoms. The fourth-order valence-corrected chi connectivity index (χ4v) is 7.79. The normalized spacial score (nSPS) is 18.9. The van der Waals surface area contributed by atoms with Crippen LogP contribution in [-0.2, 0) is 0 Å². The van der Waals surface area contributed by atoms with Gasteiger partial charge in [0.2, 0.25) is 0 Å². The minimum absolute atomic E-state index is 0.495. The molecule has 1 saturated heterocycles. The van der Waals surface area contributed by atoms with E-state index in [1.165, 1.54) is 5.46 Å². The molecule has 0 atom stereocenters. The summed E-state index contributed by atoms with van der Waals surface area (Å²) in [6.07, 6.45) is 0. The van der Waals surface area contributed by atoms with Gasteiger partial charge in [0.15, 0.2) is 0 Å². The van der Waals surface area contributed by atoms with Crippen molar-refractivity contribution in [2.75, 3.05) is 0 Å².